The first-order chi connectivity index (χ1) is 17.2. The lowest BCUT2D eigenvalue weighted by atomic mass is 9.99. The summed E-state index contributed by atoms with van der Waals surface area (Å²) in [6.07, 6.45) is 1.20. The number of carbonyl (C=O) groups is 1. The van der Waals surface area contributed by atoms with Crippen LogP contribution >= 0.6 is 0 Å². The zero-order chi connectivity index (χ0) is 25.9. The summed E-state index contributed by atoms with van der Waals surface area (Å²) >= 11 is 0. The average molecular weight is 506 g/mol. The van der Waals surface area contributed by atoms with Gasteiger partial charge in [-0.05, 0) is 49.5 Å². The van der Waals surface area contributed by atoms with Gasteiger partial charge in [0.15, 0.2) is 0 Å². The maximum absolute atomic E-state index is 13.1. The summed E-state index contributed by atoms with van der Waals surface area (Å²) in [5.74, 6) is -0.207. The summed E-state index contributed by atoms with van der Waals surface area (Å²) in [7, 11) is 0.308. The SMILES string of the molecule is CN(C)CCN(c1cccc(N/C(=C2\C(=O)Nc3ccccc32)c2ccc(CN)cc2)c1)S(C)(=O)=O. The molecule has 0 unspecified atom stereocenters. The highest BCUT2D eigenvalue weighted by Gasteiger charge is 2.28. The molecular formula is C27H31N5O3S. The van der Waals surface area contributed by atoms with Crippen LogP contribution in [-0.2, 0) is 21.4 Å². The molecule has 1 amide bonds. The van der Waals surface area contributed by atoms with Gasteiger partial charge in [0.1, 0.15) is 0 Å². The van der Waals surface area contributed by atoms with E-state index in [4.69, 9.17) is 5.73 Å². The highest BCUT2D eigenvalue weighted by atomic mass is 32.2. The van der Waals surface area contributed by atoms with Crippen LogP contribution in [0.5, 0.6) is 0 Å². The minimum absolute atomic E-state index is 0.207. The maximum atomic E-state index is 13.1. The minimum atomic E-state index is -3.49. The largest absolute Gasteiger partial charge is 0.354 e. The Balaban J connectivity index is 1.80. The fourth-order valence-electron chi connectivity index (χ4n) is 4.11. The molecule has 3 aromatic rings. The Bertz CT molecular complexity index is 1400. The number of nitrogens with zero attached hydrogens (tertiary/aromatic N) is 2. The lowest BCUT2D eigenvalue weighted by Gasteiger charge is -2.25. The lowest BCUT2D eigenvalue weighted by molar-refractivity contribution is -0.110. The van der Waals surface area contributed by atoms with Crippen molar-refractivity contribution in [2.75, 3.05) is 48.4 Å². The molecule has 4 rings (SSSR count). The lowest BCUT2D eigenvalue weighted by Crippen LogP contribution is -2.36. The van der Waals surface area contributed by atoms with E-state index in [9.17, 15) is 13.2 Å². The molecule has 188 valence electrons. The highest BCUT2D eigenvalue weighted by Crippen LogP contribution is 2.37. The van der Waals surface area contributed by atoms with Crippen molar-refractivity contribution in [2.45, 2.75) is 6.54 Å². The third-order valence-electron chi connectivity index (χ3n) is 5.95. The summed E-state index contributed by atoms with van der Waals surface area (Å²) in [5.41, 5.74) is 11.5. The van der Waals surface area contributed by atoms with Crippen molar-refractivity contribution < 1.29 is 13.2 Å². The van der Waals surface area contributed by atoms with Gasteiger partial charge in [-0.25, -0.2) is 8.42 Å². The Morgan fingerprint density at radius 2 is 1.69 bits per heavy atom. The van der Waals surface area contributed by atoms with Crippen LogP contribution in [0.4, 0.5) is 17.1 Å². The van der Waals surface area contributed by atoms with Gasteiger partial charge < -0.3 is 21.3 Å². The number of rotatable bonds is 9. The van der Waals surface area contributed by atoms with E-state index in [0.717, 1.165) is 22.4 Å². The van der Waals surface area contributed by atoms with Crippen molar-refractivity contribution in [2.24, 2.45) is 5.73 Å². The number of anilines is 3. The molecule has 0 saturated carbocycles. The predicted octanol–water partition coefficient (Wildman–Crippen LogP) is 3.41. The molecule has 36 heavy (non-hydrogen) atoms. The van der Waals surface area contributed by atoms with E-state index in [-0.39, 0.29) is 5.91 Å². The predicted molar refractivity (Wildman–Crippen MR) is 147 cm³/mol. The second kappa shape index (κ2) is 10.5. The van der Waals surface area contributed by atoms with E-state index >= 15 is 0 Å². The van der Waals surface area contributed by atoms with E-state index in [0.29, 0.717) is 42.3 Å². The molecule has 3 aromatic carbocycles. The van der Waals surface area contributed by atoms with Gasteiger partial charge in [0.05, 0.1) is 23.2 Å². The number of nitrogens with one attached hydrogen (secondary N) is 2. The van der Waals surface area contributed by atoms with Crippen molar-refractivity contribution in [3.63, 3.8) is 0 Å². The molecule has 0 aromatic heterocycles. The first kappa shape index (κ1) is 25.4. The monoisotopic (exact) mass is 505 g/mol. The van der Waals surface area contributed by atoms with E-state index in [1.165, 1.54) is 10.6 Å². The van der Waals surface area contributed by atoms with E-state index in [1.54, 1.807) is 18.2 Å². The molecule has 8 nitrogen and oxygen atoms in total. The van der Waals surface area contributed by atoms with Crippen molar-refractivity contribution >= 4 is 44.3 Å². The number of fused-ring (bicyclic) bond motifs is 1. The van der Waals surface area contributed by atoms with E-state index < -0.39 is 10.0 Å². The zero-order valence-electron chi connectivity index (χ0n) is 20.7. The third-order valence-corrected chi connectivity index (χ3v) is 7.15. The normalized spacial score (nSPS) is 14.4. The van der Waals surface area contributed by atoms with Crippen LogP contribution in [0.1, 0.15) is 16.7 Å². The summed E-state index contributed by atoms with van der Waals surface area (Å²) in [5, 5.41) is 6.35. The van der Waals surface area contributed by atoms with Crippen molar-refractivity contribution in [3.8, 4) is 0 Å². The van der Waals surface area contributed by atoms with Crippen LogP contribution in [0.3, 0.4) is 0 Å². The first-order valence-corrected chi connectivity index (χ1v) is 13.5. The summed E-state index contributed by atoms with van der Waals surface area (Å²) in [6, 6.07) is 22.5. The van der Waals surface area contributed by atoms with Crippen molar-refractivity contribution in [3.05, 3.63) is 89.5 Å². The van der Waals surface area contributed by atoms with Crippen LogP contribution in [-0.4, -0.2) is 52.7 Å². The molecule has 0 aliphatic carbocycles. The fourth-order valence-corrected chi connectivity index (χ4v) is 5.02. The fraction of sp³-hybridized carbons (Fsp3) is 0.222. The number of sulfonamides is 1. The Hall–Kier alpha value is -3.66. The Kier molecular flexibility index (Phi) is 7.44. The molecule has 1 aliphatic rings. The summed E-state index contributed by atoms with van der Waals surface area (Å²) < 4.78 is 26.5. The number of hydrogen-bond donors (Lipinski definition) is 3. The maximum Gasteiger partial charge on any atom is 0.258 e. The summed E-state index contributed by atoms with van der Waals surface area (Å²) in [4.78, 5) is 15.0. The number of amides is 1. The standard InChI is InChI=1S/C27H31N5O3S/c1-31(2)15-16-32(36(3,34)35)22-8-6-7-21(17-22)29-26(20-13-11-19(18-28)12-14-20)25-23-9-4-5-10-24(23)30-27(25)33/h4-14,17,29H,15-16,18,28H2,1-3H3,(H,30,33)/b26-25-. The number of carbonyl (C=O) groups excluding carboxylic acids is 1. The average Bonchev–Trinajstić information content (AvgIpc) is 3.17. The molecule has 0 atom stereocenters. The van der Waals surface area contributed by atoms with Gasteiger partial charge in [0.2, 0.25) is 10.0 Å². The summed E-state index contributed by atoms with van der Waals surface area (Å²) in [6.45, 7) is 1.31. The van der Waals surface area contributed by atoms with Crippen molar-refractivity contribution in [1.29, 1.82) is 0 Å². The van der Waals surface area contributed by atoms with Gasteiger partial charge in [-0.3, -0.25) is 9.10 Å². The van der Waals surface area contributed by atoms with Crippen LogP contribution in [0, 0.1) is 0 Å². The Morgan fingerprint density at radius 3 is 2.36 bits per heavy atom. The van der Waals surface area contributed by atoms with Gasteiger partial charge in [-0.15, -0.1) is 0 Å². The Labute approximate surface area is 212 Å². The van der Waals surface area contributed by atoms with E-state index in [1.807, 2.05) is 73.6 Å². The zero-order valence-corrected chi connectivity index (χ0v) is 21.5. The second-order valence-corrected chi connectivity index (χ2v) is 10.9. The molecule has 0 bridgehead atoms. The molecule has 1 heterocycles. The van der Waals surface area contributed by atoms with E-state index in [2.05, 4.69) is 10.6 Å². The van der Waals surface area contributed by atoms with Gasteiger partial charge in [0, 0.05) is 36.6 Å². The van der Waals surface area contributed by atoms with Crippen LogP contribution in [0.2, 0.25) is 0 Å². The number of hydrogen-bond acceptors (Lipinski definition) is 6. The second-order valence-electron chi connectivity index (χ2n) is 8.96. The molecular weight excluding hydrogens is 474 g/mol. The highest BCUT2D eigenvalue weighted by molar-refractivity contribution is 7.92. The molecule has 0 fully saturated rings. The Morgan fingerprint density at radius 1 is 0.972 bits per heavy atom. The van der Waals surface area contributed by atoms with Gasteiger partial charge in [0.25, 0.3) is 5.91 Å². The van der Waals surface area contributed by atoms with Crippen molar-refractivity contribution in [1.82, 2.24) is 4.90 Å². The number of para-hydroxylation sites is 1. The van der Waals surface area contributed by atoms with Gasteiger partial charge in [-0.2, -0.15) is 0 Å². The number of benzene rings is 3. The first-order valence-electron chi connectivity index (χ1n) is 11.6. The number of nitrogens with two attached hydrogens (primary N) is 1. The quantitative estimate of drug-likeness (QED) is 0.385. The van der Waals surface area contributed by atoms with Crippen LogP contribution < -0.4 is 20.7 Å². The molecule has 0 radical (unpaired) electrons. The molecule has 1 aliphatic heterocycles. The molecule has 0 spiro atoms. The van der Waals surface area contributed by atoms with Crippen LogP contribution in [0.25, 0.3) is 11.3 Å². The topological polar surface area (TPSA) is 108 Å². The molecule has 0 saturated heterocycles. The van der Waals surface area contributed by atoms with Crippen LogP contribution in [0.15, 0.2) is 72.8 Å². The minimum Gasteiger partial charge on any atom is -0.354 e. The van der Waals surface area contributed by atoms with Gasteiger partial charge in [-0.1, -0.05) is 48.5 Å². The van der Waals surface area contributed by atoms with Gasteiger partial charge >= 0.3 is 0 Å². The smallest absolute Gasteiger partial charge is 0.258 e. The molecule has 9 heteroatoms. The number of likely N-dealkylation sites (N-methyl/N-ethyl adjacent to an activating group) is 1. The third kappa shape index (κ3) is 5.59. The molecule has 4 N–H and O–H groups in total.